The summed E-state index contributed by atoms with van der Waals surface area (Å²) in [6, 6.07) is 7.23. The summed E-state index contributed by atoms with van der Waals surface area (Å²) in [5.74, 6) is -0.638. The molecule has 3 aromatic rings. The highest BCUT2D eigenvalue weighted by Gasteiger charge is 2.18. The van der Waals surface area contributed by atoms with Gasteiger partial charge in [0.05, 0.1) is 48.1 Å². The molecule has 0 bridgehead atoms. The molecule has 2 aromatic heterocycles. The zero-order valence-corrected chi connectivity index (χ0v) is 15.7. The molecule has 8 nitrogen and oxygen atoms in total. The second-order valence-corrected chi connectivity index (χ2v) is 6.21. The van der Waals surface area contributed by atoms with Crippen molar-refractivity contribution >= 4 is 17.6 Å². The number of rotatable bonds is 5. The van der Waals surface area contributed by atoms with Crippen LogP contribution in [0.5, 0.6) is 0 Å². The highest BCUT2D eigenvalue weighted by Crippen LogP contribution is 2.22. The molecule has 27 heavy (non-hydrogen) atoms. The summed E-state index contributed by atoms with van der Waals surface area (Å²) in [4.78, 5) is 24.4. The molecule has 0 unspecified atom stereocenters. The van der Waals surface area contributed by atoms with Crippen molar-refractivity contribution in [2.24, 2.45) is 7.05 Å². The molecule has 1 aromatic carbocycles. The SMILES string of the molecule is COC(=O)c1ccccc1Cn1nc(C)c(NC(=O)c2cnn(C)c2)c1C. The van der Waals surface area contributed by atoms with E-state index in [4.69, 9.17) is 4.74 Å². The van der Waals surface area contributed by atoms with E-state index in [2.05, 4.69) is 15.5 Å². The smallest absolute Gasteiger partial charge is 0.338 e. The lowest BCUT2D eigenvalue weighted by Gasteiger charge is -2.10. The van der Waals surface area contributed by atoms with E-state index in [0.29, 0.717) is 29.1 Å². The molecule has 0 spiro atoms. The predicted molar refractivity (Wildman–Crippen MR) is 99.7 cm³/mol. The molecule has 0 saturated heterocycles. The Labute approximate surface area is 156 Å². The number of nitrogens with one attached hydrogen (secondary N) is 1. The fraction of sp³-hybridized carbons (Fsp3) is 0.263. The van der Waals surface area contributed by atoms with Crippen molar-refractivity contribution in [3.8, 4) is 0 Å². The number of benzene rings is 1. The van der Waals surface area contributed by atoms with Crippen molar-refractivity contribution in [1.29, 1.82) is 0 Å². The molecule has 0 fully saturated rings. The van der Waals surface area contributed by atoms with E-state index in [-0.39, 0.29) is 5.91 Å². The van der Waals surface area contributed by atoms with Gasteiger partial charge in [0.2, 0.25) is 0 Å². The highest BCUT2D eigenvalue weighted by atomic mass is 16.5. The van der Waals surface area contributed by atoms with Crippen LogP contribution in [0.25, 0.3) is 0 Å². The van der Waals surface area contributed by atoms with Crippen LogP contribution in [0.2, 0.25) is 0 Å². The van der Waals surface area contributed by atoms with Gasteiger partial charge in [-0.2, -0.15) is 10.2 Å². The average molecular weight is 367 g/mol. The van der Waals surface area contributed by atoms with E-state index in [1.165, 1.54) is 13.3 Å². The molecule has 0 atom stereocenters. The third-order valence-corrected chi connectivity index (χ3v) is 4.33. The van der Waals surface area contributed by atoms with E-state index >= 15 is 0 Å². The number of carbonyl (C=O) groups excluding carboxylic acids is 2. The van der Waals surface area contributed by atoms with Gasteiger partial charge < -0.3 is 10.1 Å². The monoisotopic (exact) mass is 367 g/mol. The van der Waals surface area contributed by atoms with Crippen molar-refractivity contribution in [3.63, 3.8) is 0 Å². The molecule has 0 aliphatic carbocycles. The Kier molecular flexibility index (Phi) is 5.07. The van der Waals surface area contributed by atoms with Crippen molar-refractivity contribution in [2.75, 3.05) is 12.4 Å². The molecule has 0 aliphatic heterocycles. The second kappa shape index (κ2) is 7.45. The lowest BCUT2D eigenvalue weighted by atomic mass is 10.1. The van der Waals surface area contributed by atoms with Crippen LogP contribution in [-0.4, -0.2) is 38.5 Å². The quantitative estimate of drug-likeness (QED) is 0.699. The Morgan fingerprint density at radius 3 is 2.63 bits per heavy atom. The van der Waals surface area contributed by atoms with E-state index in [1.54, 1.807) is 34.7 Å². The maximum Gasteiger partial charge on any atom is 0.338 e. The summed E-state index contributed by atoms with van der Waals surface area (Å²) in [5.41, 5.74) is 3.90. The predicted octanol–water partition coefficient (Wildman–Crippen LogP) is 2.32. The Morgan fingerprint density at radius 1 is 1.22 bits per heavy atom. The summed E-state index contributed by atoms with van der Waals surface area (Å²) in [5, 5.41) is 11.4. The van der Waals surface area contributed by atoms with Gasteiger partial charge in [-0.1, -0.05) is 18.2 Å². The van der Waals surface area contributed by atoms with E-state index in [9.17, 15) is 9.59 Å². The zero-order valence-electron chi connectivity index (χ0n) is 15.7. The summed E-state index contributed by atoms with van der Waals surface area (Å²) >= 11 is 0. The molecule has 2 heterocycles. The number of anilines is 1. The molecule has 140 valence electrons. The summed E-state index contributed by atoms with van der Waals surface area (Å²) < 4.78 is 8.18. The number of hydrogen-bond donors (Lipinski definition) is 1. The lowest BCUT2D eigenvalue weighted by molar-refractivity contribution is 0.0599. The van der Waals surface area contributed by atoms with Gasteiger partial charge in [0.25, 0.3) is 5.91 Å². The molecule has 1 N–H and O–H groups in total. The molecule has 8 heteroatoms. The van der Waals surface area contributed by atoms with Crippen LogP contribution in [-0.2, 0) is 18.3 Å². The van der Waals surface area contributed by atoms with Crippen LogP contribution in [0, 0.1) is 13.8 Å². The van der Waals surface area contributed by atoms with Gasteiger partial charge >= 0.3 is 5.97 Å². The number of carbonyl (C=O) groups is 2. The number of aryl methyl sites for hydroxylation is 2. The van der Waals surface area contributed by atoms with E-state index < -0.39 is 5.97 Å². The average Bonchev–Trinajstić information content (AvgIpc) is 3.20. The molecular weight excluding hydrogens is 346 g/mol. The number of methoxy groups -OCH3 is 1. The first kappa shape index (κ1) is 18.4. The van der Waals surface area contributed by atoms with Crippen LogP contribution < -0.4 is 5.32 Å². The Bertz CT molecular complexity index is 1000. The van der Waals surface area contributed by atoms with Gasteiger partial charge in [0, 0.05) is 13.2 Å². The van der Waals surface area contributed by atoms with Crippen LogP contribution in [0.15, 0.2) is 36.7 Å². The van der Waals surface area contributed by atoms with Gasteiger partial charge in [-0.15, -0.1) is 0 Å². The first-order chi connectivity index (χ1) is 12.9. The molecule has 0 saturated carbocycles. The van der Waals surface area contributed by atoms with Crippen LogP contribution in [0.3, 0.4) is 0 Å². The largest absolute Gasteiger partial charge is 0.465 e. The number of amides is 1. The van der Waals surface area contributed by atoms with Gasteiger partial charge in [-0.3, -0.25) is 14.2 Å². The number of hydrogen-bond acceptors (Lipinski definition) is 5. The Morgan fingerprint density at radius 2 is 1.96 bits per heavy atom. The summed E-state index contributed by atoms with van der Waals surface area (Å²) in [6.07, 6.45) is 3.16. The summed E-state index contributed by atoms with van der Waals surface area (Å²) in [6.45, 7) is 4.09. The van der Waals surface area contributed by atoms with Crippen LogP contribution in [0.1, 0.15) is 37.7 Å². The molecule has 1 amide bonds. The standard InChI is InChI=1S/C19H21N5O3/c1-12-17(21-18(25)15-9-20-23(3)10-15)13(2)24(22-12)11-14-7-5-6-8-16(14)19(26)27-4/h5-10H,11H2,1-4H3,(H,21,25). The normalized spacial score (nSPS) is 10.7. The fourth-order valence-corrected chi connectivity index (χ4v) is 2.88. The number of aromatic nitrogens is 4. The fourth-order valence-electron chi connectivity index (χ4n) is 2.88. The molecule has 0 radical (unpaired) electrons. The Hall–Kier alpha value is -3.42. The van der Waals surface area contributed by atoms with Gasteiger partial charge in [-0.25, -0.2) is 4.79 Å². The number of nitrogens with zero attached hydrogens (tertiary/aromatic N) is 4. The molecule has 0 aliphatic rings. The number of esters is 1. The van der Waals surface area contributed by atoms with Crippen molar-refractivity contribution in [1.82, 2.24) is 19.6 Å². The second-order valence-electron chi connectivity index (χ2n) is 6.21. The molecular formula is C19H21N5O3. The van der Waals surface area contributed by atoms with Crippen LogP contribution in [0.4, 0.5) is 5.69 Å². The van der Waals surface area contributed by atoms with Crippen LogP contribution >= 0.6 is 0 Å². The maximum absolute atomic E-state index is 12.4. The van der Waals surface area contributed by atoms with Gasteiger partial charge in [0.15, 0.2) is 0 Å². The van der Waals surface area contributed by atoms with Crippen molar-refractivity contribution in [3.05, 3.63) is 64.7 Å². The topological polar surface area (TPSA) is 91.0 Å². The zero-order chi connectivity index (χ0) is 19.6. The number of ether oxygens (including phenoxy) is 1. The molecule has 3 rings (SSSR count). The van der Waals surface area contributed by atoms with Gasteiger partial charge in [0.1, 0.15) is 0 Å². The minimum Gasteiger partial charge on any atom is -0.465 e. The highest BCUT2D eigenvalue weighted by molar-refractivity contribution is 6.04. The Balaban J connectivity index is 1.86. The van der Waals surface area contributed by atoms with Crippen molar-refractivity contribution in [2.45, 2.75) is 20.4 Å². The van der Waals surface area contributed by atoms with E-state index in [1.807, 2.05) is 26.0 Å². The minimum absolute atomic E-state index is 0.246. The first-order valence-electron chi connectivity index (χ1n) is 8.41. The van der Waals surface area contributed by atoms with E-state index in [0.717, 1.165) is 11.3 Å². The minimum atomic E-state index is -0.391. The summed E-state index contributed by atoms with van der Waals surface area (Å²) in [7, 11) is 3.11. The van der Waals surface area contributed by atoms with Crippen molar-refractivity contribution < 1.29 is 14.3 Å². The first-order valence-corrected chi connectivity index (χ1v) is 8.41. The maximum atomic E-state index is 12.4. The third kappa shape index (κ3) is 3.74. The third-order valence-electron chi connectivity index (χ3n) is 4.33. The lowest BCUT2D eigenvalue weighted by Crippen LogP contribution is -2.13. The van der Waals surface area contributed by atoms with Gasteiger partial charge in [-0.05, 0) is 25.5 Å².